The molecule has 0 aliphatic carbocycles. The van der Waals surface area contributed by atoms with Crippen LogP contribution in [0.2, 0.25) is 0 Å². The van der Waals surface area contributed by atoms with Crippen molar-refractivity contribution in [2.75, 3.05) is 44.3 Å². The van der Waals surface area contributed by atoms with E-state index in [1.807, 2.05) is 4.90 Å². The zero-order valence-electron chi connectivity index (χ0n) is 16.0. The lowest BCUT2D eigenvalue weighted by Crippen LogP contribution is -2.49. The topological polar surface area (TPSA) is 116 Å². The van der Waals surface area contributed by atoms with E-state index in [2.05, 4.69) is 20.1 Å². The lowest BCUT2D eigenvalue weighted by molar-refractivity contribution is 0.171. The minimum atomic E-state index is -3.63. The van der Waals surface area contributed by atoms with Crippen LogP contribution in [-0.2, 0) is 10.0 Å². The van der Waals surface area contributed by atoms with Gasteiger partial charge in [-0.1, -0.05) is 0 Å². The molecule has 11 nitrogen and oxygen atoms in total. The molecular weight excluding hydrogens is 410 g/mol. The Morgan fingerprint density at radius 1 is 0.867 bits per heavy atom. The third-order valence-electron chi connectivity index (χ3n) is 5.01. The Bertz CT molecular complexity index is 1150. The summed E-state index contributed by atoms with van der Waals surface area (Å²) in [7, 11) is -3.63. The highest BCUT2D eigenvalue weighted by atomic mass is 32.2. The van der Waals surface area contributed by atoms with Crippen molar-refractivity contribution in [3.8, 4) is 17.3 Å². The van der Waals surface area contributed by atoms with E-state index in [1.165, 1.54) is 23.0 Å². The van der Waals surface area contributed by atoms with E-state index in [4.69, 9.17) is 9.47 Å². The molecule has 1 aromatic carbocycles. The van der Waals surface area contributed by atoms with Gasteiger partial charge >= 0.3 is 0 Å². The Balaban J connectivity index is 1.30. The van der Waals surface area contributed by atoms with Crippen molar-refractivity contribution in [3.63, 3.8) is 0 Å². The minimum absolute atomic E-state index is 0.204. The van der Waals surface area contributed by atoms with Gasteiger partial charge in [0, 0.05) is 38.3 Å². The normalized spacial score (nSPS) is 17.1. The molecule has 2 aliphatic heterocycles. The Kier molecular flexibility index (Phi) is 4.71. The van der Waals surface area contributed by atoms with E-state index >= 15 is 0 Å². The Morgan fingerprint density at radius 2 is 1.63 bits per heavy atom. The molecule has 0 bridgehead atoms. The molecule has 0 spiro atoms. The molecular formula is C18H19N7O4S. The van der Waals surface area contributed by atoms with Crippen LogP contribution in [0.3, 0.4) is 0 Å². The standard InChI is InChI=1S/C18H19N7O4S/c26-30(27,14-1-2-15-16(9-14)29-8-7-28-15)24-5-3-23(4-6-24)17-10-18(21-12-20-17)25-13-19-11-22-25/h1-2,9-13H,3-8H2. The van der Waals surface area contributed by atoms with Gasteiger partial charge in [-0.3, -0.25) is 0 Å². The van der Waals surface area contributed by atoms with E-state index in [0.717, 1.165) is 0 Å². The maximum Gasteiger partial charge on any atom is 0.243 e. The van der Waals surface area contributed by atoms with Crippen molar-refractivity contribution in [1.82, 2.24) is 29.0 Å². The summed E-state index contributed by atoms with van der Waals surface area (Å²) in [4.78, 5) is 14.7. The van der Waals surface area contributed by atoms with Crippen LogP contribution in [0.4, 0.5) is 5.82 Å². The molecule has 0 saturated carbocycles. The van der Waals surface area contributed by atoms with E-state index in [0.29, 0.717) is 62.5 Å². The fraction of sp³-hybridized carbons (Fsp3) is 0.333. The van der Waals surface area contributed by atoms with Crippen molar-refractivity contribution in [2.45, 2.75) is 4.90 Å². The highest BCUT2D eigenvalue weighted by molar-refractivity contribution is 7.89. The number of piperazine rings is 1. The molecule has 0 amide bonds. The van der Waals surface area contributed by atoms with E-state index < -0.39 is 10.0 Å². The predicted molar refractivity (Wildman–Crippen MR) is 105 cm³/mol. The number of anilines is 1. The van der Waals surface area contributed by atoms with Crippen molar-refractivity contribution < 1.29 is 17.9 Å². The van der Waals surface area contributed by atoms with Gasteiger partial charge in [0.15, 0.2) is 17.3 Å². The Labute approximate surface area is 172 Å². The number of sulfonamides is 1. The van der Waals surface area contributed by atoms with Gasteiger partial charge in [0.2, 0.25) is 10.0 Å². The maximum absolute atomic E-state index is 13.1. The molecule has 3 aromatic rings. The lowest BCUT2D eigenvalue weighted by atomic mass is 10.3. The molecule has 0 radical (unpaired) electrons. The van der Waals surface area contributed by atoms with E-state index in [9.17, 15) is 8.42 Å². The first-order chi connectivity index (χ1) is 14.6. The number of ether oxygens (including phenoxy) is 2. The molecule has 2 aromatic heterocycles. The third-order valence-corrected chi connectivity index (χ3v) is 6.90. The van der Waals surface area contributed by atoms with Gasteiger partial charge < -0.3 is 14.4 Å². The highest BCUT2D eigenvalue weighted by Gasteiger charge is 2.30. The first-order valence-electron chi connectivity index (χ1n) is 9.43. The van der Waals surface area contributed by atoms with Crippen LogP contribution in [0, 0.1) is 0 Å². The van der Waals surface area contributed by atoms with Gasteiger partial charge in [0.1, 0.15) is 38.0 Å². The fourth-order valence-electron chi connectivity index (χ4n) is 3.45. The van der Waals surface area contributed by atoms with Crippen LogP contribution in [0.1, 0.15) is 0 Å². The van der Waals surface area contributed by atoms with Gasteiger partial charge in [-0.25, -0.2) is 28.1 Å². The lowest BCUT2D eigenvalue weighted by Gasteiger charge is -2.34. The van der Waals surface area contributed by atoms with Gasteiger partial charge in [-0.15, -0.1) is 0 Å². The summed E-state index contributed by atoms with van der Waals surface area (Å²) >= 11 is 0. The minimum Gasteiger partial charge on any atom is -0.486 e. The average molecular weight is 429 g/mol. The zero-order valence-corrected chi connectivity index (χ0v) is 16.8. The number of aromatic nitrogens is 5. The highest BCUT2D eigenvalue weighted by Crippen LogP contribution is 2.33. The molecule has 156 valence electrons. The Hall–Kier alpha value is -3.25. The van der Waals surface area contributed by atoms with Crippen LogP contribution in [0.25, 0.3) is 5.82 Å². The summed E-state index contributed by atoms with van der Waals surface area (Å²) in [6.07, 6.45) is 4.46. The summed E-state index contributed by atoms with van der Waals surface area (Å²) in [5.74, 6) is 2.34. The molecule has 4 heterocycles. The monoisotopic (exact) mass is 429 g/mol. The molecule has 1 fully saturated rings. The zero-order chi connectivity index (χ0) is 20.6. The number of rotatable bonds is 4. The molecule has 12 heteroatoms. The smallest absolute Gasteiger partial charge is 0.243 e. The van der Waals surface area contributed by atoms with Gasteiger partial charge in [0.25, 0.3) is 0 Å². The third kappa shape index (κ3) is 3.44. The number of benzene rings is 1. The van der Waals surface area contributed by atoms with Gasteiger partial charge in [-0.2, -0.15) is 9.40 Å². The number of hydrogen-bond acceptors (Lipinski definition) is 9. The number of nitrogens with zero attached hydrogens (tertiary/aromatic N) is 7. The molecule has 2 aliphatic rings. The maximum atomic E-state index is 13.1. The van der Waals surface area contributed by atoms with E-state index in [-0.39, 0.29) is 4.90 Å². The quantitative estimate of drug-likeness (QED) is 0.579. The average Bonchev–Trinajstić information content (AvgIpc) is 3.34. The van der Waals surface area contributed by atoms with Crippen LogP contribution in [0.15, 0.2) is 48.1 Å². The first kappa shape index (κ1) is 18.8. The molecule has 0 N–H and O–H groups in total. The molecule has 30 heavy (non-hydrogen) atoms. The van der Waals surface area contributed by atoms with Crippen LogP contribution < -0.4 is 14.4 Å². The van der Waals surface area contributed by atoms with Crippen LogP contribution in [-0.4, -0.2) is 76.8 Å². The molecule has 0 atom stereocenters. The second-order valence-corrected chi connectivity index (χ2v) is 8.71. The van der Waals surface area contributed by atoms with Crippen LogP contribution >= 0.6 is 0 Å². The first-order valence-corrected chi connectivity index (χ1v) is 10.9. The number of hydrogen-bond donors (Lipinski definition) is 0. The molecule has 5 rings (SSSR count). The van der Waals surface area contributed by atoms with E-state index in [1.54, 1.807) is 29.2 Å². The van der Waals surface area contributed by atoms with Gasteiger partial charge in [0.05, 0.1) is 4.90 Å². The number of fused-ring (bicyclic) bond motifs is 1. The largest absolute Gasteiger partial charge is 0.486 e. The second-order valence-electron chi connectivity index (χ2n) is 6.77. The van der Waals surface area contributed by atoms with Crippen molar-refractivity contribution in [3.05, 3.63) is 43.2 Å². The second kappa shape index (κ2) is 7.54. The predicted octanol–water partition coefficient (Wildman–Crippen LogP) is 0.339. The summed E-state index contributed by atoms with van der Waals surface area (Å²) in [5, 5.41) is 4.07. The molecule has 1 saturated heterocycles. The summed E-state index contributed by atoms with van der Waals surface area (Å²) in [6.45, 7) is 2.58. The fourth-order valence-corrected chi connectivity index (χ4v) is 4.89. The summed E-state index contributed by atoms with van der Waals surface area (Å²) in [6, 6.07) is 6.54. The SMILES string of the molecule is O=S(=O)(c1ccc2c(c1)OCCO2)N1CCN(c2cc(-n3cncn3)ncn2)CC1. The van der Waals surface area contributed by atoms with Crippen molar-refractivity contribution in [1.29, 1.82) is 0 Å². The summed E-state index contributed by atoms with van der Waals surface area (Å²) < 4.78 is 40.2. The van der Waals surface area contributed by atoms with Crippen molar-refractivity contribution in [2.24, 2.45) is 0 Å². The van der Waals surface area contributed by atoms with Gasteiger partial charge in [-0.05, 0) is 12.1 Å². The summed E-state index contributed by atoms with van der Waals surface area (Å²) in [5.41, 5.74) is 0. The van der Waals surface area contributed by atoms with Crippen molar-refractivity contribution >= 4 is 15.8 Å². The molecule has 0 unspecified atom stereocenters. The Morgan fingerprint density at radius 3 is 2.40 bits per heavy atom. The van der Waals surface area contributed by atoms with Crippen LogP contribution in [0.5, 0.6) is 11.5 Å².